The van der Waals surface area contributed by atoms with Crippen LogP contribution < -0.4 is 5.32 Å². The number of aliphatic hydroxyl groups excluding tert-OH is 1. The van der Waals surface area contributed by atoms with Crippen LogP contribution in [0, 0.1) is 0 Å². The summed E-state index contributed by atoms with van der Waals surface area (Å²) in [7, 11) is 0. The maximum atomic E-state index is 11.4. The molecule has 0 aromatic heterocycles. The molecule has 0 aliphatic heterocycles. The van der Waals surface area contributed by atoms with Gasteiger partial charge in [-0.25, -0.2) is 0 Å². The van der Waals surface area contributed by atoms with Crippen molar-refractivity contribution in [3.8, 4) is 0 Å². The van der Waals surface area contributed by atoms with Gasteiger partial charge in [0.25, 0.3) is 0 Å². The van der Waals surface area contributed by atoms with Gasteiger partial charge < -0.3 is 10.4 Å². The van der Waals surface area contributed by atoms with E-state index in [1.807, 2.05) is 0 Å². The molecule has 1 aromatic carbocycles. The Kier molecular flexibility index (Phi) is 6.06. The molecule has 2 rings (SSSR count). The van der Waals surface area contributed by atoms with Crippen molar-refractivity contribution in [2.75, 3.05) is 13.2 Å². The van der Waals surface area contributed by atoms with Crippen molar-refractivity contribution in [1.82, 2.24) is 5.32 Å². The first-order chi connectivity index (χ1) is 9.79. The number of carbonyl (C=O) groups excluding carboxylic acids is 1. The Morgan fingerprint density at radius 1 is 1.15 bits per heavy atom. The highest BCUT2D eigenvalue weighted by Gasteiger charge is 2.09. The summed E-state index contributed by atoms with van der Waals surface area (Å²) in [5, 5.41) is 11.3. The molecule has 110 valence electrons. The number of nitrogens with one attached hydrogen (secondary N) is 1. The molecule has 0 radical (unpaired) electrons. The highest BCUT2D eigenvalue weighted by Crippen LogP contribution is 2.22. The summed E-state index contributed by atoms with van der Waals surface area (Å²) in [6.07, 6.45) is 8.69. The third kappa shape index (κ3) is 4.64. The van der Waals surface area contributed by atoms with Crippen LogP contribution in [-0.4, -0.2) is 24.2 Å². The van der Waals surface area contributed by atoms with Gasteiger partial charge in [-0.05, 0) is 61.6 Å². The summed E-state index contributed by atoms with van der Waals surface area (Å²) in [5.41, 5.74) is 4.47. The van der Waals surface area contributed by atoms with Crippen molar-refractivity contribution < 1.29 is 9.90 Å². The van der Waals surface area contributed by atoms with Crippen molar-refractivity contribution in [1.29, 1.82) is 0 Å². The van der Waals surface area contributed by atoms with Crippen LogP contribution in [0.2, 0.25) is 0 Å². The molecule has 2 N–H and O–H groups in total. The van der Waals surface area contributed by atoms with Gasteiger partial charge in [0, 0.05) is 13.0 Å². The summed E-state index contributed by atoms with van der Waals surface area (Å²) in [5.74, 6) is 0.0458. The van der Waals surface area contributed by atoms with Crippen molar-refractivity contribution in [3.63, 3.8) is 0 Å². The molecule has 0 saturated carbocycles. The van der Waals surface area contributed by atoms with Gasteiger partial charge in [0.15, 0.2) is 0 Å². The van der Waals surface area contributed by atoms with Crippen LogP contribution in [0.3, 0.4) is 0 Å². The first-order valence-corrected chi connectivity index (χ1v) is 7.78. The Morgan fingerprint density at radius 2 is 1.95 bits per heavy atom. The van der Waals surface area contributed by atoms with Crippen LogP contribution >= 0.6 is 0 Å². The average Bonchev–Trinajstić information content (AvgIpc) is 2.49. The minimum absolute atomic E-state index is 0.0147. The molecule has 0 unspecified atom stereocenters. The molecule has 20 heavy (non-hydrogen) atoms. The Labute approximate surface area is 121 Å². The van der Waals surface area contributed by atoms with E-state index in [1.165, 1.54) is 42.4 Å². The normalized spacial score (nSPS) is 13.8. The molecule has 0 spiro atoms. The van der Waals surface area contributed by atoms with E-state index in [0.717, 1.165) is 19.3 Å². The first-order valence-electron chi connectivity index (χ1n) is 7.78. The summed E-state index contributed by atoms with van der Waals surface area (Å²) in [6.45, 7) is 0.379. The fraction of sp³-hybridized carbons (Fsp3) is 0.588. The van der Waals surface area contributed by atoms with Crippen molar-refractivity contribution >= 4 is 5.91 Å². The van der Waals surface area contributed by atoms with Crippen molar-refractivity contribution in [2.45, 2.75) is 51.4 Å². The van der Waals surface area contributed by atoms with Crippen LogP contribution in [0.15, 0.2) is 18.2 Å². The number of carbonyl (C=O) groups is 1. The Bertz CT molecular complexity index is 443. The molecule has 0 atom stereocenters. The third-order valence-corrected chi connectivity index (χ3v) is 3.97. The molecule has 0 fully saturated rings. The second kappa shape index (κ2) is 8.05. The number of unbranched alkanes of at least 4 members (excludes halogenated alkanes) is 1. The Hall–Kier alpha value is -1.35. The molecule has 0 bridgehead atoms. The second-order valence-corrected chi connectivity index (χ2v) is 5.59. The summed E-state index contributed by atoms with van der Waals surface area (Å²) in [4.78, 5) is 11.4. The summed E-state index contributed by atoms with van der Waals surface area (Å²) < 4.78 is 0. The van der Waals surface area contributed by atoms with Gasteiger partial charge >= 0.3 is 0 Å². The molecule has 1 aliphatic carbocycles. The van der Waals surface area contributed by atoms with Gasteiger partial charge in [-0.2, -0.15) is 0 Å². The highest BCUT2D eigenvalue weighted by atomic mass is 16.3. The molecule has 1 amide bonds. The Balaban J connectivity index is 1.70. The quantitative estimate of drug-likeness (QED) is 0.751. The van der Waals surface area contributed by atoms with Crippen LogP contribution in [-0.2, 0) is 24.1 Å². The number of aryl methyl sites for hydroxylation is 3. The van der Waals surface area contributed by atoms with Crippen molar-refractivity contribution in [2.24, 2.45) is 0 Å². The van der Waals surface area contributed by atoms with E-state index in [1.54, 1.807) is 0 Å². The first kappa shape index (κ1) is 15.0. The lowest BCUT2D eigenvalue weighted by molar-refractivity contribution is -0.121. The summed E-state index contributed by atoms with van der Waals surface area (Å²) >= 11 is 0. The second-order valence-electron chi connectivity index (χ2n) is 5.59. The van der Waals surface area contributed by atoms with Crippen molar-refractivity contribution in [3.05, 3.63) is 34.9 Å². The third-order valence-electron chi connectivity index (χ3n) is 3.97. The predicted molar refractivity (Wildman–Crippen MR) is 80.7 cm³/mol. The SMILES string of the molecule is O=C(CCCCc1ccc2c(c1)CCCC2)NCCO. The van der Waals surface area contributed by atoms with Gasteiger partial charge in [0.1, 0.15) is 0 Å². The number of benzene rings is 1. The van der Waals surface area contributed by atoms with Gasteiger partial charge in [0.05, 0.1) is 6.61 Å². The van der Waals surface area contributed by atoms with E-state index in [4.69, 9.17) is 5.11 Å². The summed E-state index contributed by atoms with van der Waals surface area (Å²) in [6, 6.07) is 6.90. The fourth-order valence-electron chi connectivity index (χ4n) is 2.84. The van der Waals surface area contributed by atoms with Crippen LogP contribution in [0.5, 0.6) is 0 Å². The maximum absolute atomic E-state index is 11.4. The number of hydrogen-bond acceptors (Lipinski definition) is 2. The minimum atomic E-state index is 0.0147. The maximum Gasteiger partial charge on any atom is 0.220 e. The van der Waals surface area contributed by atoms with E-state index < -0.39 is 0 Å². The molecule has 0 heterocycles. The zero-order valence-electron chi connectivity index (χ0n) is 12.2. The zero-order chi connectivity index (χ0) is 14.2. The molecular formula is C17H25NO2. The topological polar surface area (TPSA) is 49.3 Å². The van der Waals surface area contributed by atoms with E-state index in [0.29, 0.717) is 13.0 Å². The lowest BCUT2D eigenvalue weighted by Gasteiger charge is -2.16. The zero-order valence-corrected chi connectivity index (χ0v) is 12.2. The molecule has 1 aliphatic rings. The van der Waals surface area contributed by atoms with Gasteiger partial charge in [-0.1, -0.05) is 18.2 Å². The van der Waals surface area contributed by atoms with Crippen LogP contribution in [0.25, 0.3) is 0 Å². The molecule has 3 heteroatoms. The predicted octanol–water partition coefficient (Wildman–Crippen LogP) is 2.39. The number of aliphatic hydroxyl groups is 1. The molecule has 1 aromatic rings. The van der Waals surface area contributed by atoms with Crippen LogP contribution in [0.4, 0.5) is 0 Å². The number of rotatable bonds is 7. The largest absolute Gasteiger partial charge is 0.395 e. The minimum Gasteiger partial charge on any atom is -0.395 e. The monoisotopic (exact) mass is 275 g/mol. The fourth-order valence-corrected chi connectivity index (χ4v) is 2.84. The molecule has 0 saturated heterocycles. The van der Waals surface area contributed by atoms with Gasteiger partial charge in [-0.3, -0.25) is 4.79 Å². The molecular weight excluding hydrogens is 250 g/mol. The number of amides is 1. The lowest BCUT2D eigenvalue weighted by Crippen LogP contribution is -2.25. The molecule has 3 nitrogen and oxygen atoms in total. The number of hydrogen-bond donors (Lipinski definition) is 2. The van der Waals surface area contributed by atoms with Gasteiger partial charge in [0.2, 0.25) is 5.91 Å². The smallest absolute Gasteiger partial charge is 0.220 e. The average molecular weight is 275 g/mol. The number of fused-ring (bicyclic) bond motifs is 1. The van der Waals surface area contributed by atoms with E-state index in [2.05, 4.69) is 23.5 Å². The lowest BCUT2D eigenvalue weighted by atomic mass is 9.89. The van der Waals surface area contributed by atoms with E-state index in [9.17, 15) is 4.79 Å². The van der Waals surface area contributed by atoms with Gasteiger partial charge in [-0.15, -0.1) is 0 Å². The Morgan fingerprint density at radius 3 is 2.75 bits per heavy atom. The highest BCUT2D eigenvalue weighted by molar-refractivity contribution is 5.75. The van der Waals surface area contributed by atoms with E-state index >= 15 is 0 Å². The standard InChI is InChI=1S/C17H25NO2/c19-12-11-18-17(20)8-4-1-5-14-9-10-15-6-2-3-7-16(15)13-14/h9-10,13,19H,1-8,11-12H2,(H,18,20). The van der Waals surface area contributed by atoms with E-state index in [-0.39, 0.29) is 12.5 Å². The van der Waals surface area contributed by atoms with Crippen LogP contribution in [0.1, 0.15) is 48.8 Å².